The van der Waals surface area contributed by atoms with Crippen molar-refractivity contribution in [1.29, 1.82) is 0 Å². The molecule has 0 rings (SSSR count). The molecule has 0 unspecified atom stereocenters. The highest BCUT2D eigenvalue weighted by molar-refractivity contribution is 4.59. The van der Waals surface area contributed by atoms with Crippen LogP contribution in [0.3, 0.4) is 0 Å². The fourth-order valence-electron chi connectivity index (χ4n) is 0.741. The number of nitrogens with zero attached hydrogens (tertiary/aromatic N) is 4. The first-order valence-corrected chi connectivity index (χ1v) is 4.40. The molecule has 0 heterocycles. The van der Waals surface area contributed by atoms with Crippen LogP contribution in [0.1, 0.15) is 0 Å². The van der Waals surface area contributed by atoms with Crippen molar-refractivity contribution in [3.8, 4) is 0 Å². The number of hydrogen-bond donors (Lipinski definition) is 2. The zero-order valence-corrected chi connectivity index (χ0v) is 9.22. The Morgan fingerprint density at radius 3 is 1.05 bits per heavy atom. The van der Waals surface area contributed by atoms with E-state index in [4.69, 9.17) is 0 Å². The molecule has 0 aromatic heterocycles. The molecule has 14 nitrogen and oxygen atoms in total. The van der Waals surface area contributed by atoms with E-state index < -0.39 is 44.6 Å². The molecule has 0 aromatic carbocycles. The SMILES string of the molecule is O=[N+]([O-])C(F)(CNNCC(F)([N+](=O)[O-])[N+](=O)[O-])[N+](=O)[O-]. The van der Waals surface area contributed by atoms with Gasteiger partial charge in [-0.1, -0.05) is 8.78 Å². The van der Waals surface area contributed by atoms with Gasteiger partial charge >= 0.3 is 11.8 Å². The average Bonchev–Trinajstić information content (AvgIpc) is 2.32. The fraction of sp³-hybridized carbons (Fsp3) is 1.00. The van der Waals surface area contributed by atoms with Crippen LogP contribution in [-0.2, 0) is 0 Å². The normalized spacial score (nSPS) is 11.9. The molecule has 0 aliphatic carbocycles. The summed E-state index contributed by atoms with van der Waals surface area (Å²) in [6.07, 6.45) is 0. The van der Waals surface area contributed by atoms with E-state index in [-0.39, 0.29) is 0 Å². The maximum atomic E-state index is 13.1. The highest BCUT2D eigenvalue weighted by atomic mass is 19.2. The van der Waals surface area contributed by atoms with Crippen molar-refractivity contribution in [2.45, 2.75) is 11.8 Å². The van der Waals surface area contributed by atoms with Crippen LogP contribution in [0.2, 0.25) is 0 Å². The van der Waals surface area contributed by atoms with Crippen LogP contribution in [0, 0.1) is 40.5 Å². The van der Waals surface area contributed by atoms with Gasteiger partial charge in [-0.25, -0.2) is 10.9 Å². The van der Waals surface area contributed by atoms with E-state index in [9.17, 15) is 49.2 Å². The molecule has 20 heavy (non-hydrogen) atoms. The van der Waals surface area contributed by atoms with Crippen molar-refractivity contribution in [2.24, 2.45) is 0 Å². The smallest absolute Gasteiger partial charge is 0.256 e. The largest absolute Gasteiger partial charge is 0.628 e. The van der Waals surface area contributed by atoms with Crippen molar-refractivity contribution in [1.82, 2.24) is 10.9 Å². The second kappa shape index (κ2) is 6.02. The number of nitro groups is 4. The Balaban J connectivity index is 4.60. The molecular weight excluding hydrogens is 298 g/mol. The van der Waals surface area contributed by atoms with Gasteiger partial charge in [-0.15, -0.1) is 0 Å². The van der Waals surface area contributed by atoms with Gasteiger partial charge in [0.2, 0.25) is 0 Å². The topological polar surface area (TPSA) is 197 Å². The second-order valence-electron chi connectivity index (χ2n) is 3.17. The standard InChI is InChI=1S/C4H6F2N6O8/c5-3(9(13)14,10(15)16)1-7-8-2-4(6,11(17)18)12(19)20/h7-8H,1-2H2. The minimum absolute atomic E-state index is 1.40. The van der Waals surface area contributed by atoms with Gasteiger partial charge < -0.3 is 0 Å². The summed E-state index contributed by atoms with van der Waals surface area (Å²) < 4.78 is 26.2. The Bertz CT molecular complexity index is 375. The van der Waals surface area contributed by atoms with Crippen LogP contribution in [0.4, 0.5) is 8.78 Å². The molecule has 2 N–H and O–H groups in total. The quantitative estimate of drug-likeness (QED) is 0.165. The minimum atomic E-state index is -4.19. The molecule has 0 amide bonds. The van der Waals surface area contributed by atoms with E-state index in [1.54, 1.807) is 0 Å². The summed E-state index contributed by atoms with van der Waals surface area (Å²) in [5.41, 5.74) is 2.79. The molecule has 0 aliphatic heterocycles. The van der Waals surface area contributed by atoms with Gasteiger partial charge in [0.25, 0.3) is 0 Å². The maximum absolute atomic E-state index is 13.1. The number of nitrogens with one attached hydrogen (secondary N) is 2. The molecule has 0 aliphatic rings. The van der Waals surface area contributed by atoms with E-state index in [0.29, 0.717) is 0 Å². The van der Waals surface area contributed by atoms with Gasteiger partial charge in [0.05, 0.1) is 0 Å². The number of halogens is 2. The molecule has 0 saturated heterocycles. The Morgan fingerprint density at radius 1 is 0.700 bits per heavy atom. The molecule has 114 valence electrons. The number of hydrogen-bond acceptors (Lipinski definition) is 10. The summed E-state index contributed by atoms with van der Waals surface area (Å²) in [6, 6.07) is 0. The summed E-state index contributed by atoms with van der Waals surface area (Å²) in [4.78, 5) is 32.8. The number of rotatable bonds is 9. The van der Waals surface area contributed by atoms with Crippen LogP contribution in [0.25, 0.3) is 0 Å². The first kappa shape index (κ1) is 17.4. The van der Waals surface area contributed by atoms with E-state index >= 15 is 0 Å². The van der Waals surface area contributed by atoms with Gasteiger partial charge in [-0.05, 0) is 0 Å². The lowest BCUT2D eigenvalue weighted by Crippen LogP contribution is -2.57. The van der Waals surface area contributed by atoms with Crippen molar-refractivity contribution < 1.29 is 28.5 Å². The van der Waals surface area contributed by atoms with Crippen LogP contribution in [0.5, 0.6) is 0 Å². The summed E-state index contributed by atoms with van der Waals surface area (Å²) >= 11 is 0. The van der Waals surface area contributed by atoms with Gasteiger partial charge in [0.1, 0.15) is 19.7 Å². The van der Waals surface area contributed by atoms with Gasteiger partial charge in [-0.2, -0.15) is 0 Å². The maximum Gasteiger partial charge on any atom is 0.628 e. The van der Waals surface area contributed by atoms with Crippen LogP contribution < -0.4 is 10.9 Å². The lowest BCUT2D eigenvalue weighted by Gasteiger charge is -2.11. The van der Waals surface area contributed by atoms with Gasteiger partial charge in [-0.3, -0.25) is 40.5 Å². The highest BCUT2D eigenvalue weighted by Crippen LogP contribution is 2.12. The molecule has 0 radical (unpaired) electrons. The van der Waals surface area contributed by atoms with Crippen molar-refractivity contribution in [2.75, 3.05) is 13.1 Å². The lowest BCUT2D eigenvalue weighted by molar-refractivity contribution is -0.831. The Hall–Kier alpha value is -2.62. The zero-order valence-electron chi connectivity index (χ0n) is 9.22. The molecule has 0 spiro atoms. The first-order chi connectivity index (χ1) is 8.98. The summed E-state index contributed by atoms with van der Waals surface area (Å²) in [5.74, 6) is -8.37. The highest BCUT2D eigenvalue weighted by Gasteiger charge is 2.59. The lowest BCUT2D eigenvalue weighted by atomic mass is 10.4. The molecule has 16 heteroatoms. The fourth-order valence-corrected chi connectivity index (χ4v) is 0.741. The molecule has 0 aromatic rings. The van der Waals surface area contributed by atoms with Crippen LogP contribution in [-0.4, -0.2) is 44.6 Å². The molecule has 0 atom stereocenters. The summed E-state index contributed by atoms with van der Waals surface area (Å²) in [6.45, 7) is -3.31. The zero-order chi connectivity index (χ0) is 16.1. The number of hydrazine groups is 1. The average molecular weight is 304 g/mol. The molecule has 0 fully saturated rings. The van der Waals surface area contributed by atoms with Crippen LogP contribution >= 0.6 is 0 Å². The third-order valence-electron chi connectivity index (χ3n) is 1.87. The van der Waals surface area contributed by atoms with E-state index in [2.05, 4.69) is 0 Å². The minimum Gasteiger partial charge on any atom is -0.256 e. The number of alkyl halides is 2. The predicted molar refractivity (Wildman–Crippen MR) is 51.7 cm³/mol. The Labute approximate surface area is 106 Å². The molecule has 0 saturated carbocycles. The molecule has 0 bridgehead atoms. The first-order valence-electron chi connectivity index (χ1n) is 4.40. The second-order valence-corrected chi connectivity index (χ2v) is 3.17. The van der Waals surface area contributed by atoms with E-state index in [1.807, 2.05) is 0 Å². The summed E-state index contributed by atoms with van der Waals surface area (Å²) in [5, 5.41) is 40.4. The van der Waals surface area contributed by atoms with E-state index in [0.717, 1.165) is 0 Å². The predicted octanol–water partition coefficient (Wildman–Crippen LogP) is -1.57. The molecular formula is C4H6F2N6O8. The monoisotopic (exact) mass is 304 g/mol. The van der Waals surface area contributed by atoms with Crippen molar-refractivity contribution in [3.05, 3.63) is 40.5 Å². The van der Waals surface area contributed by atoms with Crippen LogP contribution in [0.15, 0.2) is 0 Å². The van der Waals surface area contributed by atoms with Gasteiger partial charge in [0, 0.05) is 0 Å². The Kier molecular flexibility index (Phi) is 5.23. The van der Waals surface area contributed by atoms with Crippen molar-refractivity contribution >= 4 is 0 Å². The third-order valence-corrected chi connectivity index (χ3v) is 1.87. The Morgan fingerprint density at radius 2 is 0.900 bits per heavy atom. The third kappa shape index (κ3) is 3.45. The van der Waals surface area contributed by atoms with Crippen molar-refractivity contribution in [3.63, 3.8) is 0 Å². The summed E-state index contributed by atoms with van der Waals surface area (Å²) in [7, 11) is 0. The van der Waals surface area contributed by atoms with E-state index in [1.165, 1.54) is 10.9 Å². The van der Waals surface area contributed by atoms with Gasteiger partial charge in [0.15, 0.2) is 13.1 Å².